The molecule has 0 bridgehead atoms. The monoisotopic (exact) mass is 327 g/mol. The molecule has 6 heteroatoms. The van der Waals surface area contributed by atoms with E-state index >= 15 is 0 Å². The van der Waals surface area contributed by atoms with Gasteiger partial charge in [-0.3, -0.25) is 9.59 Å². The Kier molecular flexibility index (Phi) is 6.08. The standard InChI is InChI=1S/C18H18FN3O2/c1-2-11-20-18(24)15-5-3-4-6-16(15)21-12-17(23)22-14-9-7-13(19)8-10-14/h2-10,21H,1,11-12H2,(H,20,24)(H,22,23). The van der Waals surface area contributed by atoms with Crippen LogP contribution in [0.2, 0.25) is 0 Å². The first kappa shape index (κ1) is 17.2. The van der Waals surface area contributed by atoms with Crippen LogP contribution in [-0.4, -0.2) is 24.9 Å². The van der Waals surface area contributed by atoms with Crippen molar-refractivity contribution in [1.29, 1.82) is 0 Å². The molecular weight excluding hydrogens is 309 g/mol. The molecule has 0 saturated heterocycles. The summed E-state index contributed by atoms with van der Waals surface area (Å²) in [5.41, 5.74) is 1.49. The molecule has 5 nitrogen and oxygen atoms in total. The van der Waals surface area contributed by atoms with Gasteiger partial charge in [0.1, 0.15) is 5.82 Å². The van der Waals surface area contributed by atoms with E-state index in [-0.39, 0.29) is 24.2 Å². The summed E-state index contributed by atoms with van der Waals surface area (Å²) in [6.45, 7) is 3.88. The minimum atomic E-state index is -0.370. The summed E-state index contributed by atoms with van der Waals surface area (Å²) < 4.78 is 12.8. The van der Waals surface area contributed by atoms with Gasteiger partial charge in [0.15, 0.2) is 0 Å². The summed E-state index contributed by atoms with van der Waals surface area (Å²) in [5.74, 6) is -0.926. The zero-order chi connectivity index (χ0) is 17.4. The number of para-hydroxylation sites is 1. The Balaban J connectivity index is 1.96. The van der Waals surface area contributed by atoms with Gasteiger partial charge in [-0.15, -0.1) is 6.58 Å². The molecule has 3 N–H and O–H groups in total. The third-order valence-electron chi connectivity index (χ3n) is 3.15. The lowest BCUT2D eigenvalue weighted by Gasteiger charge is -2.12. The third kappa shape index (κ3) is 4.95. The van der Waals surface area contributed by atoms with Gasteiger partial charge in [-0.05, 0) is 36.4 Å². The number of hydrogen-bond acceptors (Lipinski definition) is 3. The molecule has 0 atom stereocenters. The van der Waals surface area contributed by atoms with Crippen LogP contribution in [0.3, 0.4) is 0 Å². The predicted octanol–water partition coefficient (Wildman–Crippen LogP) is 2.79. The average Bonchev–Trinajstić information content (AvgIpc) is 2.60. The number of benzene rings is 2. The Morgan fingerprint density at radius 2 is 1.79 bits per heavy atom. The molecule has 2 aromatic rings. The highest BCUT2D eigenvalue weighted by Crippen LogP contribution is 2.15. The number of anilines is 2. The van der Waals surface area contributed by atoms with Gasteiger partial charge in [-0.25, -0.2) is 4.39 Å². The van der Waals surface area contributed by atoms with Crippen LogP contribution in [0.25, 0.3) is 0 Å². The van der Waals surface area contributed by atoms with Gasteiger partial charge in [0, 0.05) is 17.9 Å². The number of rotatable bonds is 7. The third-order valence-corrected chi connectivity index (χ3v) is 3.15. The molecule has 0 aliphatic rings. The highest BCUT2D eigenvalue weighted by molar-refractivity contribution is 6.01. The van der Waals surface area contributed by atoms with E-state index in [1.165, 1.54) is 24.3 Å². The molecule has 124 valence electrons. The van der Waals surface area contributed by atoms with Crippen molar-refractivity contribution in [1.82, 2.24) is 5.32 Å². The van der Waals surface area contributed by atoms with Crippen LogP contribution in [0.1, 0.15) is 10.4 Å². The second kappa shape index (κ2) is 8.47. The molecule has 0 heterocycles. The zero-order valence-electron chi connectivity index (χ0n) is 13.0. The van der Waals surface area contributed by atoms with Gasteiger partial charge in [0.25, 0.3) is 5.91 Å². The molecule has 24 heavy (non-hydrogen) atoms. The molecule has 0 fully saturated rings. The molecule has 0 aliphatic carbocycles. The summed E-state index contributed by atoms with van der Waals surface area (Å²) in [6, 6.07) is 12.4. The maximum Gasteiger partial charge on any atom is 0.253 e. The summed E-state index contributed by atoms with van der Waals surface area (Å²) in [4.78, 5) is 24.0. The van der Waals surface area contributed by atoms with Crippen LogP contribution in [-0.2, 0) is 4.79 Å². The number of halogens is 1. The van der Waals surface area contributed by atoms with Gasteiger partial charge in [0.05, 0.1) is 12.1 Å². The van der Waals surface area contributed by atoms with E-state index in [0.29, 0.717) is 23.5 Å². The molecule has 2 amide bonds. The van der Waals surface area contributed by atoms with E-state index in [1.54, 1.807) is 30.3 Å². The molecule has 0 spiro atoms. The van der Waals surface area contributed by atoms with Crippen molar-refractivity contribution in [3.8, 4) is 0 Å². The van der Waals surface area contributed by atoms with Crippen molar-refractivity contribution < 1.29 is 14.0 Å². The molecule has 0 radical (unpaired) electrons. The highest BCUT2D eigenvalue weighted by Gasteiger charge is 2.11. The molecule has 0 aromatic heterocycles. The van der Waals surface area contributed by atoms with Crippen LogP contribution in [0.15, 0.2) is 61.2 Å². The molecule has 2 rings (SSSR count). The van der Waals surface area contributed by atoms with Gasteiger partial charge in [0.2, 0.25) is 5.91 Å². The Morgan fingerprint density at radius 1 is 1.08 bits per heavy atom. The van der Waals surface area contributed by atoms with E-state index in [2.05, 4.69) is 22.5 Å². The van der Waals surface area contributed by atoms with Crippen molar-refractivity contribution in [2.24, 2.45) is 0 Å². The van der Waals surface area contributed by atoms with E-state index < -0.39 is 0 Å². The number of nitrogens with one attached hydrogen (secondary N) is 3. The highest BCUT2D eigenvalue weighted by atomic mass is 19.1. The lowest BCUT2D eigenvalue weighted by atomic mass is 10.1. The Bertz CT molecular complexity index is 729. The van der Waals surface area contributed by atoms with Crippen molar-refractivity contribution >= 4 is 23.2 Å². The molecular formula is C18H18FN3O2. The minimum Gasteiger partial charge on any atom is -0.376 e. The number of hydrogen-bond donors (Lipinski definition) is 3. The van der Waals surface area contributed by atoms with E-state index in [0.717, 1.165) is 0 Å². The van der Waals surface area contributed by atoms with Crippen LogP contribution >= 0.6 is 0 Å². The second-order valence-electron chi connectivity index (χ2n) is 4.95. The van der Waals surface area contributed by atoms with Crippen molar-refractivity contribution in [3.63, 3.8) is 0 Å². The maximum absolute atomic E-state index is 12.8. The first-order valence-electron chi connectivity index (χ1n) is 7.37. The van der Waals surface area contributed by atoms with E-state index in [1.807, 2.05) is 0 Å². The first-order chi connectivity index (χ1) is 11.6. The Labute approximate surface area is 139 Å². The largest absolute Gasteiger partial charge is 0.376 e. The lowest BCUT2D eigenvalue weighted by molar-refractivity contribution is -0.114. The quantitative estimate of drug-likeness (QED) is 0.685. The van der Waals surface area contributed by atoms with E-state index in [4.69, 9.17) is 0 Å². The summed E-state index contributed by atoms with van der Waals surface area (Å²) in [7, 11) is 0. The fourth-order valence-corrected chi connectivity index (χ4v) is 2.01. The molecule has 0 unspecified atom stereocenters. The topological polar surface area (TPSA) is 70.2 Å². The van der Waals surface area contributed by atoms with Crippen molar-refractivity contribution in [2.75, 3.05) is 23.7 Å². The lowest BCUT2D eigenvalue weighted by Crippen LogP contribution is -2.26. The van der Waals surface area contributed by atoms with E-state index in [9.17, 15) is 14.0 Å². The van der Waals surface area contributed by atoms with Gasteiger partial charge >= 0.3 is 0 Å². The van der Waals surface area contributed by atoms with Crippen molar-refractivity contribution in [3.05, 3.63) is 72.6 Å². The van der Waals surface area contributed by atoms with Crippen LogP contribution < -0.4 is 16.0 Å². The first-order valence-corrected chi connectivity index (χ1v) is 7.37. The molecule has 0 saturated carbocycles. The zero-order valence-corrected chi connectivity index (χ0v) is 13.0. The van der Waals surface area contributed by atoms with Gasteiger partial charge in [-0.1, -0.05) is 18.2 Å². The summed E-state index contributed by atoms with van der Waals surface area (Å²) in [5, 5.41) is 8.26. The van der Waals surface area contributed by atoms with Gasteiger partial charge in [-0.2, -0.15) is 0 Å². The van der Waals surface area contributed by atoms with Crippen LogP contribution in [0.4, 0.5) is 15.8 Å². The molecule has 2 aromatic carbocycles. The minimum absolute atomic E-state index is 0.0247. The molecule has 0 aliphatic heterocycles. The maximum atomic E-state index is 12.8. The SMILES string of the molecule is C=CCNC(=O)c1ccccc1NCC(=O)Nc1ccc(F)cc1. The smallest absolute Gasteiger partial charge is 0.253 e. The summed E-state index contributed by atoms with van der Waals surface area (Å²) in [6.07, 6.45) is 1.59. The van der Waals surface area contributed by atoms with Crippen molar-refractivity contribution in [2.45, 2.75) is 0 Å². The fraction of sp³-hybridized carbons (Fsp3) is 0.111. The Morgan fingerprint density at radius 3 is 2.50 bits per heavy atom. The Hall–Kier alpha value is -3.15. The second-order valence-corrected chi connectivity index (χ2v) is 4.95. The average molecular weight is 327 g/mol. The van der Waals surface area contributed by atoms with Crippen LogP contribution in [0.5, 0.6) is 0 Å². The predicted molar refractivity (Wildman–Crippen MR) is 92.5 cm³/mol. The van der Waals surface area contributed by atoms with Crippen LogP contribution in [0, 0.1) is 5.82 Å². The number of carbonyl (C=O) groups is 2. The fourth-order valence-electron chi connectivity index (χ4n) is 2.01. The number of amides is 2. The summed E-state index contributed by atoms with van der Waals surface area (Å²) >= 11 is 0. The van der Waals surface area contributed by atoms with Gasteiger partial charge < -0.3 is 16.0 Å². The normalized spacial score (nSPS) is 9.88. The number of carbonyl (C=O) groups excluding carboxylic acids is 2.